The molecule has 0 radical (unpaired) electrons. The van der Waals surface area contributed by atoms with Crippen molar-refractivity contribution in [2.45, 2.75) is 37.0 Å². The summed E-state index contributed by atoms with van der Waals surface area (Å²) >= 11 is 5.80. The van der Waals surface area contributed by atoms with Crippen LogP contribution >= 0.6 is 11.6 Å². The van der Waals surface area contributed by atoms with Crippen molar-refractivity contribution >= 4 is 27.5 Å². The molecule has 2 aliphatic rings. The van der Waals surface area contributed by atoms with Crippen LogP contribution in [-0.4, -0.2) is 32.2 Å². The number of benzene rings is 1. The monoisotopic (exact) mass is 326 g/mol. The number of hydrogen-bond acceptors (Lipinski definition) is 2. The van der Waals surface area contributed by atoms with Crippen LogP contribution < -0.4 is 0 Å². The summed E-state index contributed by atoms with van der Waals surface area (Å²) in [5, 5.41) is 0.523. The first kappa shape index (κ1) is 14.9. The number of nitrogens with zero attached hydrogens (tertiary/aromatic N) is 2. The summed E-state index contributed by atoms with van der Waals surface area (Å²) < 4.78 is 28.9. The first-order chi connectivity index (χ1) is 10.0. The van der Waals surface area contributed by atoms with Gasteiger partial charge < -0.3 is 4.90 Å². The third-order valence-corrected chi connectivity index (χ3v) is 5.53. The summed E-state index contributed by atoms with van der Waals surface area (Å²) in [7, 11) is -3.64. The Morgan fingerprint density at radius 3 is 2.57 bits per heavy atom. The van der Waals surface area contributed by atoms with Gasteiger partial charge in [-0.1, -0.05) is 11.6 Å². The Bertz CT molecular complexity index is 636. The molecule has 4 nitrogen and oxygen atoms in total. The lowest BCUT2D eigenvalue weighted by molar-refractivity contribution is 0.356. The molecular weight excluding hydrogens is 308 g/mol. The van der Waals surface area contributed by atoms with E-state index in [1.807, 2.05) is 0 Å². The molecule has 2 fully saturated rings. The van der Waals surface area contributed by atoms with E-state index in [4.69, 9.17) is 11.6 Å². The molecule has 0 spiro atoms. The number of piperidine rings is 1. The van der Waals surface area contributed by atoms with E-state index < -0.39 is 10.0 Å². The molecule has 1 aromatic rings. The van der Waals surface area contributed by atoms with Crippen molar-refractivity contribution in [3.63, 3.8) is 0 Å². The molecule has 1 heterocycles. The third kappa shape index (κ3) is 3.77. The van der Waals surface area contributed by atoms with Gasteiger partial charge in [0.1, 0.15) is 5.84 Å². The summed E-state index contributed by atoms with van der Waals surface area (Å²) in [4.78, 5) is 2.37. The topological polar surface area (TPSA) is 49.7 Å². The zero-order chi connectivity index (χ0) is 14.9. The van der Waals surface area contributed by atoms with Crippen LogP contribution in [-0.2, 0) is 10.0 Å². The molecule has 0 bridgehead atoms. The summed E-state index contributed by atoms with van der Waals surface area (Å²) in [6, 6.07) is 6.18. The number of likely N-dealkylation sites (tertiary alicyclic amines) is 1. The average Bonchev–Trinajstić information content (AvgIpc) is 3.25. The van der Waals surface area contributed by atoms with E-state index in [2.05, 4.69) is 9.30 Å². The number of sulfonamides is 1. The van der Waals surface area contributed by atoms with E-state index in [0.29, 0.717) is 5.02 Å². The van der Waals surface area contributed by atoms with Crippen LogP contribution in [0.15, 0.2) is 33.6 Å². The molecule has 0 N–H and O–H groups in total. The zero-order valence-electron chi connectivity index (χ0n) is 11.8. The molecule has 0 atom stereocenters. The lowest BCUT2D eigenvalue weighted by atomic mass is 10.1. The van der Waals surface area contributed by atoms with E-state index >= 15 is 0 Å². The van der Waals surface area contributed by atoms with E-state index in [1.165, 1.54) is 25.0 Å². The van der Waals surface area contributed by atoms with Gasteiger partial charge in [-0.25, -0.2) is 0 Å². The van der Waals surface area contributed by atoms with Crippen molar-refractivity contribution in [1.29, 1.82) is 0 Å². The molecule has 1 saturated heterocycles. The Morgan fingerprint density at radius 2 is 1.90 bits per heavy atom. The van der Waals surface area contributed by atoms with Gasteiger partial charge in [-0.2, -0.15) is 8.42 Å². The van der Waals surface area contributed by atoms with Gasteiger partial charge in [0.15, 0.2) is 0 Å². The molecule has 114 valence electrons. The van der Waals surface area contributed by atoms with Gasteiger partial charge in [0.05, 0.1) is 4.90 Å². The minimum atomic E-state index is -3.64. The van der Waals surface area contributed by atoms with Crippen molar-refractivity contribution in [3.05, 3.63) is 29.3 Å². The number of amidine groups is 1. The lowest BCUT2D eigenvalue weighted by Crippen LogP contribution is -2.37. The third-order valence-electron chi connectivity index (χ3n) is 3.96. The maximum Gasteiger partial charge on any atom is 0.283 e. The Morgan fingerprint density at radius 1 is 1.19 bits per heavy atom. The predicted molar refractivity (Wildman–Crippen MR) is 84.2 cm³/mol. The van der Waals surface area contributed by atoms with Crippen LogP contribution in [0.25, 0.3) is 0 Å². The van der Waals surface area contributed by atoms with Gasteiger partial charge in [0.25, 0.3) is 10.0 Å². The Kier molecular flexibility index (Phi) is 4.22. The van der Waals surface area contributed by atoms with Crippen molar-refractivity contribution in [2.75, 3.05) is 13.1 Å². The summed E-state index contributed by atoms with van der Waals surface area (Å²) in [5.41, 5.74) is 0. The van der Waals surface area contributed by atoms with E-state index in [9.17, 15) is 8.42 Å². The second kappa shape index (κ2) is 5.97. The van der Waals surface area contributed by atoms with Crippen LogP contribution in [0, 0.1) is 5.92 Å². The molecule has 6 heteroatoms. The van der Waals surface area contributed by atoms with Crippen LogP contribution in [0.4, 0.5) is 0 Å². The smallest absolute Gasteiger partial charge is 0.283 e. The quantitative estimate of drug-likeness (QED) is 0.852. The van der Waals surface area contributed by atoms with E-state index in [0.717, 1.165) is 44.1 Å². The second-order valence-electron chi connectivity index (χ2n) is 5.78. The molecular formula is C15H19ClN2O2S. The number of rotatable bonds is 4. The number of halogens is 1. The summed E-state index contributed by atoms with van der Waals surface area (Å²) in [6.07, 6.45) is 5.39. The maximum atomic E-state index is 12.4. The molecule has 1 saturated carbocycles. The van der Waals surface area contributed by atoms with E-state index in [1.54, 1.807) is 12.1 Å². The minimum Gasteiger partial charge on any atom is -0.359 e. The second-order valence-corrected chi connectivity index (χ2v) is 7.82. The molecule has 1 aliphatic carbocycles. The van der Waals surface area contributed by atoms with Crippen molar-refractivity contribution in [1.82, 2.24) is 4.90 Å². The van der Waals surface area contributed by atoms with Gasteiger partial charge in [0.2, 0.25) is 0 Å². The molecule has 1 aliphatic heterocycles. The normalized spacial score (nSPS) is 21.8. The first-order valence-electron chi connectivity index (χ1n) is 7.39. The van der Waals surface area contributed by atoms with Gasteiger partial charge in [0, 0.05) is 24.5 Å². The molecule has 3 rings (SSSR count). The molecule has 0 aromatic heterocycles. The van der Waals surface area contributed by atoms with Crippen molar-refractivity contribution in [2.24, 2.45) is 10.3 Å². The van der Waals surface area contributed by atoms with Gasteiger partial charge in [-0.3, -0.25) is 0 Å². The van der Waals surface area contributed by atoms with Gasteiger partial charge in [-0.15, -0.1) is 4.40 Å². The lowest BCUT2D eigenvalue weighted by Gasteiger charge is -2.30. The zero-order valence-corrected chi connectivity index (χ0v) is 13.4. The Labute approximate surface area is 130 Å². The highest BCUT2D eigenvalue weighted by Crippen LogP contribution is 2.31. The van der Waals surface area contributed by atoms with Crippen molar-refractivity contribution in [3.8, 4) is 0 Å². The Hall–Kier alpha value is -1.07. The fourth-order valence-corrected chi connectivity index (χ4v) is 3.78. The van der Waals surface area contributed by atoms with Crippen LogP contribution in [0.3, 0.4) is 0 Å². The molecule has 0 amide bonds. The van der Waals surface area contributed by atoms with Crippen LogP contribution in [0.1, 0.15) is 32.1 Å². The van der Waals surface area contributed by atoms with Crippen LogP contribution in [0.5, 0.6) is 0 Å². The Balaban J connectivity index is 1.84. The first-order valence-corrected chi connectivity index (χ1v) is 9.21. The number of hydrogen-bond donors (Lipinski definition) is 0. The highest BCUT2D eigenvalue weighted by Gasteiger charge is 2.28. The standard InChI is InChI=1S/C15H19ClN2O2S/c16-13-6-8-14(9-7-13)21(19,20)17-15-3-1-2-10-18(15)11-12-4-5-12/h6-9,12H,1-5,10-11H2/b17-15+. The summed E-state index contributed by atoms with van der Waals surface area (Å²) in [5.74, 6) is 1.45. The largest absolute Gasteiger partial charge is 0.359 e. The maximum absolute atomic E-state index is 12.4. The molecule has 1 aromatic carbocycles. The average molecular weight is 327 g/mol. The fraction of sp³-hybridized carbons (Fsp3) is 0.533. The highest BCUT2D eigenvalue weighted by molar-refractivity contribution is 7.90. The van der Waals surface area contributed by atoms with Gasteiger partial charge in [-0.05, 0) is 55.9 Å². The molecule has 0 unspecified atom stereocenters. The van der Waals surface area contributed by atoms with Gasteiger partial charge >= 0.3 is 0 Å². The van der Waals surface area contributed by atoms with Crippen LogP contribution in [0.2, 0.25) is 5.02 Å². The SMILES string of the molecule is O=S(=O)(/N=C1\CCCCN1CC1CC1)c1ccc(Cl)cc1. The highest BCUT2D eigenvalue weighted by atomic mass is 35.5. The minimum absolute atomic E-state index is 0.205. The summed E-state index contributed by atoms with van der Waals surface area (Å²) in [6.45, 7) is 1.88. The molecule has 21 heavy (non-hydrogen) atoms. The van der Waals surface area contributed by atoms with Crippen molar-refractivity contribution < 1.29 is 8.42 Å². The predicted octanol–water partition coefficient (Wildman–Crippen LogP) is 3.32. The fourth-order valence-electron chi connectivity index (χ4n) is 2.58. The van der Waals surface area contributed by atoms with E-state index in [-0.39, 0.29) is 4.90 Å².